The maximum atomic E-state index is 11.3. The maximum Gasteiger partial charge on any atom is 0.319 e. The van der Waals surface area contributed by atoms with Crippen molar-refractivity contribution in [1.29, 1.82) is 0 Å². The van der Waals surface area contributed by atoms with Gasteiger partial charge in [-0.2, -0.15) is 0 Å². The molecule has 0 radical (unpaired) electrons. The number of rotatable bonds is 6. The third-order valence-corrected chi connectivity index (χ3v) is 1.83. The Balaban J connectivity index is 2.12. The zero-order chi connectivity index (χ0) is 11.6. The van der Waals surface area contributed by atoms with Crippen molar-refractivity contribution in [2.45, 2.75) is 0 Å². The van der Waals surface area contributed by atoms with Crippen LogP contribution in [0.4, 0.5) is 10.5 Å². The Morgan fingerprint density at radius 2 is 2.00 bits per heavy atom. The van der Waals surface area contributed by atoms with E-state index in [1.54, 1.807) is 0 Å². The van der Waals surface area contributed by atoms with Crippen molar-refractivity contribution < 1.29 is 9.53 Å². The molecule has 88 valence electrons. The Kier molecular flexibility index (Phi) is 5.98. The molecular weight excluding hydrogens is 206 g/mol. The highest BCUT2D eigenvalue weighted by molar-refractivity contribution is 5.89. The minimum absolute atomic E-state index is 0.234. The van der Waals surface area contributed by atoms with Crippen molar-refractivity contribution in [3.05, 3.63) is 30.3 Å². The zero-order valence-corrected chi connectivity index (χ0v) is 9.11. The molecule has 0 fully saturated rings. The number of ether oxygens (including phenoxy) is 1. The average molecular weight is 223 g/mol. The van der Waals surface area contributed by atoms with Gasteiger partial charge in [0.15, 0.2) is 0 Å². The number of amides is 2. The highest BCUT2D eigenvalue weighted by Gasteiger charge is 1.99. The van der Waals surface area contributed by atoms with Gasteiger partial charge < -0.3 is 21.1 Å². The molecule has 0 aliphatic heterocycles. The van der Waals surface area contributed by atoms with Crippen molar-refractivity contribution in [1.82, 2.24) is 5.32 Å². The SMILES string of the molecule is NCCOCCNC(=O)Nc1ccccc1. The Labute approximate surface area is 95.0 Å². The van der Waals surface area contributed by atoms with Gasteiger partial charge >= 0.3 is 6.03 Å². The van der Waals surface area contributed by atoms with Gasteiger partial charge in [0, 0.05) is 18.8 Å². The first-order valence-corrected chi connectivity index (χ1v) is 5.20. The fourth-order valence-corrected chi connectivity index (χ4v) is 1.12. The molecule has 4 N–H and O–H groups in total. The lowest BCUT2D eigenvalue weighted by molar-refractivity contribution is 0.144. The average Bonchev–Trinajstić information content (AvgIpc) is 2.30. The second-order valence-electron chi connectivity index (χ2n) is 3.15. The highest BCUT2D eigenvalue weighted by Crippen LogP contribution is 2.03. The van der Waals surface area contributed by atoms with Crippen LogP contribution in [0.15, 0.2) is 30.3 Å². The largest absolute Gasteiger partial charge is 0.378 e. The van der Waals surface area contributed by atoms with E-state index in [0.29, 0.717) is 26.3 Å². The van der Waals surface area contributed by atoms with E-state index < -0.39 is 0 Å². The summed E-state index contributed by atoms with van der Waals surface area (Å²) >= 11 is 0. The molecular formula is C11H17N3O2. The van der Waals surface area contributed by atoms with Crippen LogP contribution in [0.25, 0.3) is 0 Å². The van der Waals surface area contributed by atoms with E-state index in [1.807, 2.05) is 30.3 Å². The summed E-state index contributed by atoms with van der Waals surface area (Å²) in [5, 5.41) is 5.38. The molecule has 0 atom stereocenters. The third-order valence-electron chi connectivity index (χ3n) is 1.83. The van der Waals surface area contributed by atoms with Gasteiger partial charge in [0.1, 0.15) is 0 Å². The molecule has 0 bridgehead atoms. The van der Waals surface area contributed by atoms with Gasteiger partial charge in [-0.25, -0.2) is 4.79 Å². The minimum atomic E-state index is -0.234. The van der Waals surface area contributed by atoms with Crippen LogP contribution in [0, 0.1) is 0 Å². The van der Waals surface area contributed by atoms with Crippen LogP contribution in [0.2, 0.25) is 0 Å². The molecule has 0 spiro atoms. The molecule has 0 aliphatic carbocycles. The standard InChI is InChI=1S/C11H17N3O2/c12-6-8-16-9-7-13-11(15)14-10-4-2-1-3-5-10/h1-5H,6-9,12H2,(H2,13,14,15). The number of anilines is 1. The van der Waals surface area contributed by atoms with Gasteiger partial charge in [0.2, 0.25) is 0 Å². The quantitative estimate of drug-likeness (QED) is 0.624. The predicted octanol–water partition coefficient (Wildman–Crippen LogP) is 0.783. The van der Waals surface area contributed by atoms with Crippen LogP contribution in [0.3, 0.4) is 0 Å². The van der Waals surface area contributed by atoms with Gasteiger partial charge in [-0.05, 0) is 12.1 Å². The number of nitrogens with two attached hydrogens (primary N) is 1. The van der Waals surface area contributed by atoms with E-state index in [0.717, 1.165) is 5.69 Å². The second kappa shape index (κ2) is 7.67. The molecule has 2 amide bonds. The molecule has 1 aromatic rings. The van der Waals surface area contributed by atoms with E-state index in [4.69, 9.17) is 10.5 Å². The molecule has 0 aromatic heterocycles. The lowest BCUT2D eigenvalue weighted by atomic mass is 10.3. The molecule has 0 aliphatic rings. The van der Waals surface area contributed by atoms with Crippen molar-refractivity contribution in [3.8, 4) is 0 Å². The third kappa shape index (κ3) is 5.33. The number of benzene rings is 1. The second-order valence-corrected chi connectivity index (χ2v) is 3.15. The van der Waals surface area contributed by atoms with E-state index in [9.17, 15) is 4.79 Å². The van der Waals surface area contributed by atoms with Crippen LogP contribution in [-0.2, 0) is 4.74 Å². The summed E-state index contributed by atoms with van der Waals surface area (Å²) in [5.74, 6) is 0. The summed E-state index contributed by atoms with van der Waals surface area (Å²) in [6.45, 7) is 1.95. The van der Waals surface area contributed by atoms with Gasteiger partial charge in [-0.3, -0.25) is 0 Å². The molecule has 16 heavy (non-hydrogen) atoms. The van der Waals surface area contributed by atoms with Gasteiger partial charge in [-0.15, -0.1) is 0 Å². The van der Waals surface area contributed by atoms with Crippen LogP contribution in [0.5, 0.6) is 0 Å². The number of hydrogen-bond acceptors (Lipinski definition) is 3. The Hall–Kier alpha value is -1.59. The van der Waals surface area contributed by atoms with Gasteiger partial charge in [0.05, 0.1) is 13.2 Å². The number of hydrogen-bond donors (Lipinski definition) is 3. The number of para-hydroxylation sites is 1. The van der Waals surface area contributed by atoms with Crippen LogP contribution < -0.4 is 16.4 Å². The zero-order valence-electron chi connectivity index (χ0n) is 9.11. The molecule has 1 rings (SSSR count). The van der Waals surface area contributed by atoms with Crippen LogP contribution in [0.1, 0.15) is 0 Å². The first kappa shape index (κ1) is 12.5. The summed E-state index contributed by atoms with van der Waals surface area (Å²) in [7, 11) is 0. The minimum Gasteiger partial charge on any atom is -0.378 e. The topological polar surface area (TPSA) is 76.4 Å². The van der Waals surface area contributed by atoms with Crippen molar-refractivity contribution >= 4 is 11.7 Å². The van der Waals surface area contributed by atoms with Crippen LogP contribution in [-0.4, -0.2) is 32.3 Å². The summed E-state index contributed by atoms with van der Waals surface area (Å²) < 4.78 is 5.12. The fraction of sp³-hybridized carbons (Fsp3) is 0.364. The molecule has 0 saturated heterocycles. The summed E-state index contributed by atoms with van der Waals surface area (Å²) in [4.78, 5) is 11.3. The van der Waals surface area contributed by atoms with Crippen molar-refractivity contribution in [2.24, 2.45) is 5.73 Å². The normalized spacial score (nSPS) is 9.81. The summed E-state index contributed by atoms with van der Waals surface area (Å²) in [6.07, 6.45) is 0. The number of urea groups is 1. The Bertz CT molecular complexity index is 303. The lowest BCUT2D eigenvalue weighted by Crippen LogP contribution is -2.31. The first-order chi connectivity index (χ1) is 7.83. The van der Waals surface area contributed by atoms with Gasteiger partial charge in [0.25, 0.3) is 0 Å². The van der Waals surface area contributed by atoms with Crippen molar-refractivity contribution in [3.63, 3.8) is 0 Å². The Morgan fingerprint density at radius 3 is 2.69 bits per heavy atom. The summed E-state index contributed by atoms with van der Waals surface area (Å²) in [6, 6.07) is 9.03. The monoisotopic (exact) mass is 223 g/mol. The molecule has 5 nitrogen and oxygen atoms in total. The van der Waals surface area contributed by atoms with Crippen molar-refractivity contribution in [2.75, 3.05) is 31.6 Å². The van der Waals surface area contributed by atoms with E-state index in [1.165, 1.54) is 0 Å². The molecule has 0 saturated carbocycles. The van der Waals surface area contributed by atoms with Crippen LogP contribution >= 0.6 is 0 Å². The number of nitrogens with one attached hydrogen (secondary N) is 2. The number of carbonyl (C=O) groups excluding carboxylic acids is 1. The Morgan fingerprint density at radius 1 is 1.25 bits per heavy atom. The maximum absolute atomic E-state index is 11.3. The fourth-order valence-electron chi connectivity index (χ4n) is 1.12. The summed E-state index contributed by atoms with van der Waals surface area (Å²) in [5.41, 5.74) is 6.01. The lowest BCUT2D eigenvalue weighted by Gasteiger charge is -2.07. The predicted molar refractivity (Wildman–Crippen MR) is 63.3 cm³/mol. The van der Waals surface area contributed by atoms with Gasteiger partial charge in [-0.1, -0.05) is 18.2 Å². The molecule has 0 heterocycles. The molecule has 1 aromatic carbocycles. The smallest absolute Gasteiger partial charge is 0.319 e. The first-order valence-electron chi connectivity index (χ1n) is 5.20. The molecule has 0 unspecified atom stereocenters. The highest BCUT2D eigenvalue weighted by atomic mass is 16.5. The van der Waals surface area contributed by atoms with E-state index >= 15 is 0 Å². The molecule has 5 heteroatoms. The number of carbonyl (C=O) groups is 1. The van der Waals surface area contributed by atoms with E-state index in [-0.39, 0.29) is 6.03 Å². The van der Waals surface area contributed by atoms with E-state index in [2.05, 4.69) is 10.6 Å².